The van der Waals surface area contributed by atoms with E-state index in [1.165, 1.54) is 4.90 Å². The van der Waals surface area contributed by atoms with E-state index in [4.69, 9.17) is 0 Å². The first-order valence-electron chi connectivity index (χ1n) is 11.6. The van der Waals surface area contributed by atoms with Crippen LogP contribution in [0.15, 0.2) is 60.7 Å². The molecule has 1 aliphatic heterocycles. The highest BCUT2D eigenvalue weighted by Gasteiger charge is 2.32. The van der Waals surface area contributed by atoms with Gasteiger partial charge in [-0.05, 0) is 42.0 Å². The molecule has 4 aromatic rings. The minimum absolute atomic E-state index is 0.131. The molecular formula is C27H26N4O3. The van der Waals surface area contributed by atoms with Crippen molar-refractivity contribution in [3.05, 3.63) is 77.6 Å². The van der Waals surface area contributed by atoms with Crippen molar-refractivity contribution < 1.29 is 14.4 Å². The molecule has 1 aromatic heterocycles. The summed E-state index contributed by atoms with van der Waals surface area (Å²) in [6, 6.07) is 18.4. The Morgan fingerprint density at radius 3 is 2.29 bits per heavy atom. The van der Waals surface area contributed by atoms with Gasteiger partial charge in [0.15, 0.2) is 0 Å². The molecule has 1 aliphatic rings. The first-order chi connectivity index (χ1) is 16.4. The molecule has 0 saturated carbocycles. The van der Waals surface area contributed by atoms with E-state index in [0.717, 1.165) is 22.2 Å². The number of fused-ring (bicyclic) bond motifs is 1. The Balaban J connectivity index is 1.25. The van der Waals surface area contributed by atoms with Crippen LogP contribution in [0, 0.1) is 5.92 Å². The fourth-order valence-corrected chi connectivity index (χ4v) is 4.60. The van der Waals surface area contributed by atoms with Crippen molar-refractivity contribution in [3.8, 4) is 0 Å². The lowest BCUT2D eigenvalue weighted by molar-refractivity contribution is -0.122. The Kier molecular flexibility index (Phi) is 5.61. The molecule has 5 rings (SSSR count). The quantitative estimate of drug-likeness (QED) is 0.399. The minimum Gasteiger partial charge on any atom is -0.346 e. The molecule has 0 aliphatic carbocycles. The van der Waals surface area contributed by atoms with Crippen LogP contribution in [0.5, 0.6) is 0 Å². The van der Waals surface area contributed by atoms with Crippen LogP contribution in [0.1, 0.15) is 59.3 Å². The number of aromatic amines is 1. The number of hydrogen-bond acceptors (Lipinski definition) is 4. The number of rotatable bonds is 7. The largest absolute Gasteiger partial charge is 0.346 e. The number of carbonyl (C=O) groups excluding carboxylic acids is 3. The van der Waals surface area contributed by atoms with Gasteiger partial charge in [0, 0.05) is 29.5 Å². The van der Waals surface area contributed by atoms with E-state index < -0.39 is 0 Å². The Labute approximate surface area is 197 Å². The van der Waals surface area contributed by atoms with Crippen LogP contribution in [0.4, 0.5) is 0 Å². The number of carbonyl (C=O) groups is 3. The van der Waals surface area contributed by atoms with Crippen molar-refractivity contribution in [3.63, 3.8) is 0 Å². The van der Waals surface area contributed by atoms with Gasteiger partial charge in [-0.1, -0.05) is 50.2 Å². The van der Waals surface area contributed by atoms with Gasteiger partial charge in [-0.15, -0.1) is 0 Å². The Hall–Kier alpha value is -4.00. The number of H-pyrrole nitrogens is 1. The molecule has 172 valence electrons. The molecule has 7 nitrogen and oxygen atoms in total. The highest BCUT2D eigenvalue weighted by molar-refractivity contribution is 6.25. The molecule has 0 bridgehead atoms. The third-order valence-electron chi connectivity index (χ3n) is 6.33. The zero-order valence-electron chi connectivity index (χ0n) is 19.2. The van der Waals surface area contributed by atoms with Gasteiger partial charge in [0.05, 0.1) is 17.1 Å². The van der Waals surface area contributed by atoms with Gasteiger partial charge in [-0.2, -0.15) is 0 Å². The topological polar surface area (TPSA) is 95.2 Å². The van der Waals surface area contributed by atoms with Crippen LogP contribution >= 0.6 is 0 Å². The number of para-hydroxylation sites is 2. The van der Waals surface area contributed by atoms with E-state index in [0.29, 0.717) is 22.9 Å². The smallest absolute Gasteiger partial charge is 0.261 e. The molecule has 2 heterocycles. The van der Waals surface area contributed by atoms with Crippen LogP contribution in [-0.4, -0.2) is 39.1 Å². The summed E-state index contributed by atoms with van der Waals surface area (Å²) >= 11 is 0. The predicted molar refractivity (Wildman–Crippen MR) is 130 cm³/mol. The number of imidazole rings is 1. The van der Waals surface area contributed by atoms with Crippen LogP contribution in [0.25, 0.3) is 21.8 Å². The van der Waals surface area contributed by atoms with Crippen LogP contribution in [-0.2, 0) is 4.79 Å². The molecule has 3 aromatic carbocycles. The molecule has 1 atom stereocenters. The summed E-state index contributed by atoms with van der Waals surface area (Å²) in [6.07, 6.45) is 0.582. The van der Waals surface area contributed by atoms with Gasteiger partial charge in [-0.25, -0.2) is 4.98 Å². The van der Waals surface area contributed by atoms with Crippen LogP contribution < -0.4 is 5.32 Å². The fourth-order valence-electron chi connectivity index (χ4n) is 4.60. The fraction of sp³-hybridized carbons (Fsp3) is 0.259. The summed E-state index contributed by atoms with van der Waals surface area (Å²) < 4.78 is 0. The number of imide groups is 1. The summed E-state index contributed by atoms with van der Waals surface area (Å²) in [6.45, 7) is 4.25. The van der Waals surface area contributed by atoms with Gasteiger partial charge in [-0.3, -0.25) is 19.3 Å². The lowest BCUT2D eigenvalue weighted by Crippen LogP contribution is -2.41. The molecule has 0 radical (unpaired) electrons. The van der Waals surface area contributed by atoms with Gasteiger partial charge in [0.2, 0.25) is 5.91 Å². The van der Waals surface area contributed by atoms with Crippen LogP contribution in [0.2, 0.25) is 0 Å². The van der Waals surface area contributed by atoms with Crippen molar-refractivity contribution in [1.29, 1.82) is 0 Å². The number of benzene rings is 3. The van der Waals surface area contributed by atoms with E-state index in [9.17, 15) is 14.4 Å². The number of amides is 3. The summed E-state index contributed by atoms with van der Waals surface area (Å²) in [4.78, 5) is 48.0. The second-order valence-electron chi connectivity index (χ2n) is 9.00. The summed E-state index contributed by atoms with van der Waals surface area (Å²) in [5, 5.41) is 4.65. The van der Waals surface area contributed by atoms with Crippen molar-refractivity contribution in [2.45, 2.75) is 32.7 Å². The summed E-state index contributed by atoms with van der Waals surface area (Å²) in [7, 11) is 0. The molecule has 34 heavy (non-hydrogen) atoms. The zero-order chi connectivity index (χ0) is 23.8. The van der Waals surface area contributed by atoms with E-state index in [1.54, 1.807) is 12.1 Å². The highest BCUT2D eigenvalue weighted by atomic mass is 16.2. The third-order valence-corrected chi connectivity index (χ3v) is 6.33. The zero-order valence-corrected chi connectivity index (χ0v) is 19.2. The maximum absolute atomic E-state index is 13.0. The standard InChI is InChI=1S/C27H26N4O3/c1-16(2)24(25-28-20-12-3-4-13-21(20)29-25)30-22(32)14-7-15-31-26(33)18-10-5-8-17-9-6-11-19(23(17)18)27(31)34/h3-6,8-13,16,24H,7,14-15H2,1-2H3,(H,28,29)(H,30,32). The average molecular weight is 455 g/mol. The number of nitrogens with one attached hydrogen (secondary N) is 2. The summed E-state index contributed by atoms with van der Waals surface area (Å²) in [5.41, 5.74) is 2.84. The van der Waals surface area contributed by atoms with Gasteiger partial charge >= 0.3 is 0 Å². The highest BCUT2D eigenvalue weighted by Crippen LogP contribution is 2.30. The average Bonchev–Trinajstić information content (AvgIpc) is 3.26. The normalized spacial score (nSPS) is 14.3. The maximum Gasteiger partial charge on any atom is 0.261 e. The predicted octanol–water partition coefficient (Wildman–Crippen LogP) is 4.61. The van der Waals surface area contributed by atoms with Crippen LogP contribution in [0.3, 0.4) is 0 Å². The molecule has 3 amide bonds. The lowest BCUT2D eigenvalue weighted by Gasteiger charge is -2.27. The lowest BCUT2D eigenvalue weighted by atomic mass is 9.94. The maximum atomic E-state index is 13.0. The summed E-state index contributed by atoms with van der Waals surface area (Å²) in [5.74, 6) is 0.0926. The minimum atomic E-state index is -0.308. The Morgan fingerprint density at radius 1 is 0.971 bits per heavy atom. The molecule has 0 fully saturated rings. The molecular weight excluding hydrogens is 428 g/mol. The number of aromatic nitrogens is 2. The van der Waals surface area contributed by atoms with E-state index in [1.807, 2.05) is 62.4 Å². The van der Waals surface area contributed by atoms with Gasteiger partial charge in [0.25, 0.3) is 11.8 Å². The second kappa shape index (κ2) is 8.74. The van der Waals surface area contributed by atoms with E-state index in [2.05, 4.69) is 15.3 Å². The van der Waals surface area contributed by atoms with Crippen molar-refractivity contribution in [2.24, 2.45) is 5.92 Å². The van der Waals surface area contributed by atoms with Gasteiger partial charge < -0.3 is 10.3 Å². The monoisotopic (exact) mass is 454 g/mol. The van der Waals surface area contributed by atoms with Gasteiger partial charge in [0.1, 0.15) is 5.82 Å². The second-order valence-corrected chi connectivity index (χ2v) is 9.00. The molecule has 0 spiro atoms. The third kappa shape index (κ3) is 3.83. The Bertz CT molecular complexity index is 1340. The first-order valence-corrected chi connectivity index (χ1v) is 11.6. The molecule has 1 unspecified atom stereocenters. The van der Waals surface area contributed by atoms with Crippen molar-refractivity contribution in [2.75, 3.05) is 6.54 Å². The molecule has 2 N–H and O–H groups in total. The molecule has 7 heteroatoms. The van der Waals surface area contributed by atoms with Crippen molar-refractivity contribution >= 4 is 39.5 Å². The number of nitrogens with zero attached hydrogens (tertiary/aromatic N) is 2. The first kappa shape index (κ1) is 21.8. The van der Waals surface area contributed by atoms with E-state index in [-0.39, 0.29) is 42.6 Å². The Morgan fingerprint density at radius 2 is 1.65 bits per heavy atom. The van der Waals surface area contributed by atoms with E-state index >= 15 is 0 Å². The number of hydrogen-bond donors (Lipinski definition) is 2. The molecule has 0 saturated heterocycles. The SMILES string of the molecule is CC(C)C(NC(=O)CCCN1C(=O)c2cccc3cccc(c23)C1=O)c1nc2ccccc2[nH]1. The van der Waals surface area contributed by atoms with Crippen molar-refractivity contribution in [1.82, 2.24) is 20.2 Å².